The van der Waals surface area contributed by atoms with Crippen LogP contribution < -0.4 is 5.32 Å². The second-order valence-electron chi connectivity index (χ2n) is 6.03. The molecule has 0 aliphatic carbocycles. The molecule has 0 saturated heterocycles. The van der Waals surface area contributed by atoms with Crippen molar-refractivity contribution in [1.29, 1.82) is 0 Å². The van der Waals surface area contributed by atoms with Crippen LogP contribution in [0.1, 0.15) is 59.6 Å². The molecular weight excluding hydrogens is 296 g/mol. The highest BCUT2D eigenvalue weighted by Gasteiger charge is 2.16. The van der Waals surface area contributed by atoms with Crippen LogP contribution in [0, 0.1) is 0 Å². The van der Waals surface area contributed by atoms with Gasteiger partial charge >= 0.3 is 0 Å². The molecule has 22 heavy (non-hydrogen) atoms. The van der Waals surface area contributed by atoms with Crippen molar-refractivity contribution in [2.45, 2.75) is 52.0 Å². The Labute approximate surface area is 134 Å². The molecule has 6 heteroatoms. The van der Waals surface area contributed by atoms with E-state index in [0.717, 1.165) is 35.9 Å². The number of amides is 1. The molecule has 0 radical (unpaired) electrons. The van der Waals surface area contributed by atoms with Gasteiger partial charge in [0, 0.05) is 43.4 Å². The molecule has 2 aromatic heterocycles. The first kappa shape index (κ1) is 15.2. The van der Waals surface area contributed by atoms with Crippen molar-refractivity contribution in [3.63, 3.8) is 0 Å². The summed E-state index contributed by atoms with van der Waals surface area (Å²) in [5, 5.41) is 6.18. The molecule has 118 valence electrons. The third kappa shape index (κ3) is 3.38. The van der Waals surface area contributed by atoms with Gasteiger partial charge in [-0.3, -0.25) is 4.79 Å². The fraction of sp³-hybridized carbons (Fsp3) is 0.562. The summed E-state index contributed by atoms with van der Waals surface area (Å²) >= 11 is 1.69. The number of carbonyl (C=O) groups excluding carboxylic acids is 1. The number of thiazole rings is 1. The highest BCUT2D eigenvalue weighted by molar-refractivity contribution is 7.09. The summed E-state index contributed by atoms with van der Waals surface area (Å²) in [7, 11) is 0. The molecular formula is C16H22N4OS. The van der Waals surface area contributed by atoms with Crippen molar-refractivity contribution in [3.8, 4) is 0 Å². The van der Waals surface area contributed by atoms with E-state index in [0.29, 0.717) is 18.2 Å². The van der Waals surface area contributed by atoms with E-state index in [1.807, 2.05) is 6.20 Å². The van der Waals surface area contributed by atoms with Crippen LogP contribution in [-0.2, 0) is 19.4 Å². The molecule has 0 saturated carbocycles. The average molecular weight is 318 g/mol. The zero-order valence-corrected chi connectivity index (χ0v) is 13.9. The van der Waals surface area contributed by atoms with Gasteiger partial charge in [-0.2, -0.15) is 0 Å². The lowest BCUT2D eigenvalue weighted by molar-refractivity contribution is 0.0949. The molecule has 1 amide bonds. The normalized spacial score (nSPS) is 14.1. The predicted molar refractivity (Wildman–Crippen MR) is 87.4 cm³/mol. The van der Waals surface area contributed by atoms with Gasteiger partial charge in [-0.1, -0.05) is 13.8 Å². The van der Waals surface area contributed by atoms with Crippen LogP contribution in [0.3, 0.4) is 0 Å². The monoisotopic (exact) mass is 318 g/mol. The van der Waals surface area contributed by atoms with Gasteiger partial charge in [-0.25, -0.2) is 9.97 Å². The maximum absolute atomic E-state index is 12.2. The number of carbonyl (C=O) groups is 1. The molecule has 3 heterocycles. The number of nitrogens with zero attached hydrogens (tertiary/aromatic N) is 3. The first-order valence-corrected chi connectivity index (χ1v) is 8.80. The van der Waals surface area contributed by atoms with E-state index in [9.17, 15) is 4.79 Å². The summed E-state index contributed by atoms with van der Waals surface area (Å²) in [6, 6.07) is 0. The van der Waals surface area contributed by atoms with Gasteiger partial charge in [0.05, 0.1) is 10.7 Å². The Morgan fingerprint density at radius 1 is 1.41 bits per heavy atom. The quantitative estimate of drug-likeness (QED) is 0.922. The van der Waals surface area contributed by atoms with Gasteiger partial charge < -0.3 is 9.88 Å². The number of rotatable bonds is 5. The maximum Gasteiger partial charge on any atom is 0.271 e. The minimum atomic E-state index is -0.0822. The highest BCUT2D eigenvalue weighted by atomic mass is 32.1. The summed E-state index contributed by atoms with van der Waals surface area (Å²) in [6.45, 7) is 5.87. The van der Waals surface area contributed by atoms with E-state index in [1.165, 1.54) is 12.8 Å². The summed E-state index contributed by atoms with van der Waals surface area (Å²) in [5.74, 6) is 1.42. The number of fused-ring (bicyclic) bond motifs is 1. The molecule has 0 fully saturated rings. The Bertz CT molecular complexity index is 635. The third-order valence-corrected chi connectivity index (χ3v) is 5.07. The number of imidazole rings is 1. The maximum atomic E-state index is 12.2. The zero-order valence-electron chi connectivity index (χ0n) is 13.1. The molecule has 0 spiro atoms. The number of hydrogen-bond acceptors (Lipinski definition) is 4. The van der Waals surface area contributed by atoms with Crippen molar-refractivity contribution < 1.29 is 4.79 Å². The van der Waals surface area contributed by atoms with E-state index < -0.39 is 0 Å². The second-order valence-corrected chi connectivity index (χ2v) is 6.92. The molecule has 5 nitrogen and oxygen atoms in total. The number of aryl methyl sites for hydroxylation is 2. The first-order valence-electron chi connectivity index (χ1n) is 7.92. The van der Waals surface area contributed by atoms with Gasteiger partial charge in [-0.15, -0.1) is 11.3 Å². The average Bonchev–Trinajstić information content (AvgIpc) is 3.13. The minimum absolute atomic E-state index is 0.0822. The van der Waals surface area contributed by atoms with Crippen LogP contribution in [0.15, 0.2) is 11.6 Å². The smallest absolute Gasteiger partial charge is 0.271 e. The summed E-state index contributed by atoms with van der Waals surface area (Å²) in [4.78, 5) is 21.2. The van der Waals surface area contributed by atoms with Gasteiger partial charge in [0.1, 0.15) is 11.5 Å². The molecule has 0 atom stereocenters. The van der Waals surface area contributed by atoms with Gasteiger partial charge in [0.2, 0.25) is 0 Å². The van der Waals surface area contributed by atoms with E-state index in [-0.39, 0.29) is 5.91 Å². The lowest BCUT2D eigenvalue weighted by Gasteiger charge is -2.11. The Balaban J connectivity index is 1.52. The fourth-order valence-corrected chi connectivity index (χ4v) is 3.49. The van der Waals surface area contributed by atoms with Crippen LogP contribution in [0.2, 0.25) is 0 Å². The highest BCUT2D eigenvalue weighted by Crippen LogP contribution is 2.19. The van der Waals surface area contributed by atoms with Crippen molar-refractivity contribution in [2.24, 2.45) is 0 Å². The minimum Gasteiger partial charge on any atom is -0.350 e. The first-order chi connectivity index (χ1) is 10.6. The molecule has 1 aliphatic rings. The summed E-state index contributed by atoms with van der Waals surface area (Å²) in [5.41, 5.74) is 1.59. The number of nitrogens with one attached hydrogen (secondary N) is 1. The second kappa shape index (κ2) is 6.60. The Morgan fingerprint density at radius 3 is 3.00 bits per heavy atom. The number of hydrogen-bond donors (Lipinski definition) is 1. The third-order valence-electron chi connectivity index (χ3n) is 3.87. The van der Waals surface area contributed by atoms with Crippen LogP contribution in [0.5, 0.6) is 0 Å². The van der Waals surface area contributed by atoms with Crippen molar-refractivity contribution in [3.05, 3.63) is 33.8 Å². The molecule has 0 bridgehead atoms. The van der Waals surface area contributed by atoms with Crippen LogP contribution in [0.4, 0.5) is 0 Å². The summed E-state index contributed by atoms with van der Waals surface area (Å²) in [6.07, 6.45) is 5.96. The number of aromatic nitrogens is 3. The predicted octanol–water partition coefficient (Wildman–Crippen LogP) is 2.77. The Morgan fingerprint density at radius 2 is 2.27 bits per heavy atom. The van der Waals surface area contributed by atoms with Crippen LogP contribution in [0.25, 0.3) is 0 Å². The van der Waals surface area contributed by atoms with Crippen molar-refractivity contribution in [1.82, 2.24) is 19.9 Å². The molecule has 3 rings (SSSR count). The van der Waals surface area contributed by atoms with Crippen LogP contribution >= 0.6 is 11.3 Å². The van der Waals surface area contributed by atoms with Gasteiger partial charge in [0.15, 0.2) is 0 Å². The van der Waals surface area contributed by atoms with E-state index in [2.05, 4.69) is 39.1 Å². The van der Waals surface area contributed by atoms with Crippen molar-refractivity contribution >= 4 is 17.2 Å². The largest absolute Gasteiger partial charge is 0.350 e. The van der Waals surface area contributed by atoms with Gasteiger partial charge in [-0.05, 0) is 12.8 Å². The van der Waals surface area contributed by atoms with Crippen LogP contribution in [-0.4, -0.2) is 27.0 Å². The molecule has 2 aromatic rings. The van der Waals surface area contributed by atoms with E-state index in [4.69, 9.17) is 0 Å². The summed E-state index contributed by atoms with van der Waals surface area (Å²) < 4.78 is 2.10. The van der Waals surface area contributed by atoms with E-state index >= 15 is 0 Å². The zero-order chi connectivity index (χ0) is 15.5. The molecule has 0 aromatic carbocycles. The molecule has 0 unspecified atom stereocenters. The van der Waals surface area contributed by atoms with Gasteiger partial charge in [0.25, 0.3) is 5.91 Å². The lowest BCUT2D eigenvalue weighted by Crippen LogP contribution is -2.26. The molecule has 1 N–H and O–H groups in total. The van der Waals surface area contributed by atoms with Crippen molar-refractivity contribution in [2.75, 3.05) is 6.54 Å². The Kier molecular flexibility index (Phi) is 4.57. The SMILES string of the molecule is CC(C)c1nc(CCNC(=O)c2cn3c(n2)CCCC3)cs1. The topological polar surface area (TPSA) is 59.8 Å². The Hall–Kier alpha value is -1.69. The fourth-order valence-electron chi connectivity index (χ4n) is 2.62. The van der Waals surface area contributed by atoms with E-state index in [1.54, 1.807) is 11.3 Å². The standard InChI is InChI=1S/C16H22N4OS/c1-11(2)16-18-12(10-22-16)6-7-17-15(21)13-9-20-8-4-3-5-14(20)19-13/h9-11H,3-8H2,1-2H3,(H,17,21). The molecule has 1 aliphatic heterocycles. The lowest BCUT2D eigenvalue weighted by atomic mass is 10.2.